The third-order valence-corrected chi connectivity index (χ3v) is 21.6. The van der Waals surface area contributed by atoms with Gasteiger partial charge < -0.3 is 33.8 Å². The van der Waals surface area contributed by atoms with E-state index in [0.29, 0.717) is 25.7 Å². The lowest BCUT2D eigenvalue weighted by Gasteiger charge is -2.21. The SMILES string of the molecule is CCCCCCCCCCCCCCCCCCCCCC(=O)O[C@H](COC(=O)CCCCCCCCCCCCCCCCC(C)CC)COP(=O)(O)OC[C@@H](O)COP(=O)(O)OC[C@@H](COC(=O)CCCCCCCCCCC)OC(=O)CCCCCCCCCCCCC(C)CC. The fraction of sp³-hybridized carbons (Fsp3) is 0.951. The minimum Gasteiger partial charge on any atom is -0.462 e. The molecule has 0 spiro atoms. The Kier molecular flexibility index (Phi) is 71.2. The molecular weight excluding hydrogens is 1310 g/mol. The molecule has 0 aromatic carbocycles. The Hall–Kier alpha value is -1.94. The second-order valence-corrected chi connectivity index (χ2v) is 32.6. The number of carbonyl (C=O) groups excluding carboxylic acids is 4. The number of aliphatic hydroxyl groups excluding tert-OH is 1. The van der Waals surface area contributed by atoms with E-state index in [2.05, 4.69) is 41.5 Å². The summed E-state index contributed by atoms with van der Waals surface area (Å²) in [4.78, 5) is 73.0. The number of esters is 4. The van der Waals surface area contributed by atoms with Crippen LogP contribution in [0.15, 0.2) is 0 Å². The largest absolute Gasteiger partial charge is 0.472 e. The van der Waals surface area contributed by atoms with Crippen molar-refractivity contribution in [1.29, 1.82) is 0 Å². The van der Waals surface area contributed by atoms with Crippen LogP contribution in [0.1, 0.15) is 427 Å². The highest BCUT2D eigenvalue weighted by Crippen LogP contribution is 2.45. The molecule has 0 saturated heterocycles. The normalized spacial score (nSPS) is 14.4. The van der Waals surface area contributed by atoms with Gasteiger partial charge in [0.1, 0.15) is 19.3 Å². The average molecular weight is 1470 g/mol. The van der Waals surface area contributed by atoms with Gasteiger partial charge in [-0.3, -0.25) is 37.3 Å². The number of phosphoric ester groups is 2. The topological polar surface area (TPSA) is 237 Å². The smallest absolute Gasteiger partial charge is 0.462 e. The van der Waals surface area contributed by atoms with Gasteiger partial charge in [-0.05, 0) is 37.5 Å². The third-order valence-electron chi connectivity index (χ3n) is 19.7. The van der Waals surface area contributed by atoms with E-state index < -0.39 is 97.5 Å². The summed E-state index contributed by atoms with van der Waals surface area (Å²) < 4.78 is 68.7. The molecule has 0 aromatic heterocycles. The fourth-order valence-electron chi connectivity index (χ4n) is 12.5. The molecule has 0 bridgehead atoms. The Morgan fingerprint density at radius 2 is 0.480 bits per heavy atom. The molecule has 19 heteroatoms. The molecule has 0 amide bonds. The van der Waals surface area contributed by atoms with E-state index in [0.717, 1.165) is 102 Å². The first-order chi connectivity index (χ1) is 48.4. The van der Waals surface area contributed by atoms with Crippen LogP contribution < -0.4 is 0 Å². The molecule has 0 aliphatic carbocycles. The van der Waals surface area contributed by atoms with Gasteiger partial charge >= 0.3 is 39.5 Å². The van der Waals surface area contributed by atoms with Crippen molar-refractivity contribution in [3.05, 3.63) is 0 Å². The zero-order valence-corrected chi connectivity index (χ0v) is 67.3. The number of phosphoric acid groups is 2. The van der Waals surface area contributed by atoms with Gasteiger partial charge in [0.15, 0.2) is 12.2 Å². The average Bonchev–Trinajstić information content (AvgIpc) is 0.939. The molecule has 17 nitrogen and oxygen atoms in total. The molecule has 594 valence electrons. The molecule has 0 fully saturated rings. The van der Waals surface area contributed by atoms with Gasteiger partial charge in [-0.25, -0.2) is 9.13 Å². The molecule has 0 aliphatic rings. The Morgan fingerprint density at radius 1 is 0.280 bits per heavy atom. The Bertz CT molecular complexity index is 1930. The van der Waals surface area contributed by atoms with Crippen molar-refractivity contribution in [2.75, 3.05) is 39.6 Å². The molecule has 0 heterocycles. The highest BCUT2D eigenvalue weighted by molar-refractivity contribution is 7.47. The van der Waals surface area contributed by atoms with Crippen molar-refractivity contribution in [2.45, 2.75) is 445 Å². The number of hydrogen-bond acceptors (Lipinski definition) is 15. The second kappa shape index (κ2) is 72.6. The Balaban J connectivity index is 5.23. The van der Waals surface area contributed by atoms with Crippen LogP contribution in [0, 0.1) is 11.8 Å². The van der Waals surface area contributed by atoms with E-state index in [4.69, 9.17) is 37.0 Å². The van der Waals surface area contributed by atoms with Gasteiger partial charge in [0.2, 0.25) is 0 Å². The first kappa shape index (κ1) is 98.1. The molecule has 0 rings (SSSR count). The van der Waals surface area contributed by atoms with Crippen molar-refractivity contribution in [1.82, 2.24) is 0 Å². The van der Waals surface area contributed by atoms with Crippen LogP contribution in [-0.4, -0.2) is 96.7 Å². The van der Waals surface area contributed by atoms with Gasteiger partial charge in [0, 0.05) is 25.7 Å². The summed E-state index contributed by atoms with van der Waals surface area (Å²) in [6.07, 6.45) is 62.3. The Morgan fingerprint density at radius 3 is 0.710 bits per heavy atom. The zero-order valence-electron chi connectivity index (χ0n) is 65.5. The number of rotatable bonds is 80. The summed E-state index contributed by atoms with van der Waals surface area (Å²) >= 11 is 0. The standard InChI is InChI=1S/C81H158O17P2/c1-7-11-13-15-17-19-20-21-22-23-24-25-26-31-34-41-47-53-59-65-80(85)97-77(70-92-79(84)64-58-52-46-40-33-30-28-27-29-32-38-43-49-55-61-73(5)9-3)72-96-100(89,90)94-68-75(82)67-93-99(87,88)95-71-76(69-91-78(83)63-57-51-45-37-18-16-14-12-8-2)98-81(86)66-60-54-48-42-36-35-39-44-50-56-62-74(6)10-4/h73-77,82H,7-72H2,1-6H3,(H,87,88)(H,89,90)/t73?,74?,75-,76+,77+/m0/s1. The lowest BCUT2D eigenvalue weighted by atomic mass is 9.99. The summed E-state index contributed by atoms with van der Waals surface area (Å²) in [5.41, 5.74) is 0. The fourth-order valence-corrected chi connectivity index (χ4v) is 14.1. The van der Waals surface area contributed by atoms with Crippen LogP contribution >= 0.6 is 15.6 Å². The maximum absolute atomic E-state index is 13.1. The van der Waals surface area contributed by atoms with Crippen LogP contribution in [0.2, 0.25) is 0 Å². The van der Waals surface area contributed by atoms with Crippen molar-refractivity contribution < 1.29 is 80.2 Å². The summed E-state index contributed by atoms with van der Waals surface area (Å²) in [5, 5.41) is 10.6. The first-order valence-electron chi connectivity index (χ1n) is 42.1. The molecule has 0 aromatic rings. The van der Waals surface area contributed by atoms with Gasteiger partial charge in [-0.15, -0.1) is 0 Å². The van der Waals surface area contributed by atoms with E-state index in [1.807, 2.05) is 0 Å². The summed E-state index contributed by atoms with van der Waals surface area (Å²) in [6, 6.07) is 0. The van der Waals surface area contributed by atoms with Crippen molar-refractivity contribution >= 4 is 39.5 Å². The highest BCUT2D eigenvalue weighted by Gasteiger charge is 2.30. The molecule has 3 N–H and O–H groups in total. The lowest BCUT2D eigenvalue weighted by Crippen LogP contribution is -2.30. The van der Waals surface area contributed by atoms with E-state index in [1.54, 1.807) is 0 Å². The van der Waals surface area contributed by atoms with E-state index >= 15 is 0 Å². The van der Waals surface area contributed by atoms with Gasteiger partial charge in [-0.1, -0.05) is 375 Å². The number of ether oxygens (including phenoxy) is 4. The predicted molar refractivity (Wildman–Crippen MR) is 409 cm³/mol. The van der Waals surface area contributed by atoms with Gasteiger partial charge in [0.25, 0.3) is 0 Å². The molecule has 0 radical (unpaired) electrons. The van der Waals surface area contributed by atoms with Crippen molar-refractivity contribution in [3.8, 4) is 0 Å². The summed E-state index contributed by atoms with van der Waals surface area (Å²) in [6.45, 7) is 9.70. The van der Waals surface area contributed by atoms with E-state index in [-0.39, 0.29) is 25.7 Å². The van der Waals surface area contributed by atoms with Crippen LogP contribution in [-0.2, 0) is 65.4 Å². The van der Waals surface area contributed by atoms with Crippen LogP contribution in [0.4, 0.5) is 0 Å². The molecule has 4 unspecified atom stereocenters. The second-order valence-electron chi connectivity index (χ2n) is 29.6. The monoisotopic (exact) mass is 1470 g/mol. The van der Waals surface area contributed by atoms with Gasteiger partial charge in [-0.2, -0.15) is 0 Å². The molecule has 100 heavy (non-hydrogen) atoms. The number of hydrogen-bond donors (Lipinski definition) is 3. The minimum atomic E-state index is -4.96. The van der Waals surface area contributed by atoms with Gasteiger partial charge in [0.05, 0.1) is 26.4 Å². The van der Waals surface area contributed by atoms with Crippen molar-refractivity contribution in [2.24, 2.45) is 11.8 Å². The van der Waals surface area contributed by atoms with E-state index in [9.17, 15) is 43.2 Å². The zero-order chi connectivity index (χ0) is 73.5. The summed E-state index contributed by atoms with van der Waals surface area (Å²) in [5.74, 6) is -0.456. The molecule has 7 atom stereocenters. The van der Waals surface area contributed by atoms with E-state index in [1.165, 1.54) is 244 Å². The molecular formula is C81H158O17P2. The van der Waals surface area contributed by atoms with Crippen LogP contribution in [0.3, 0.4) is 0 Å². The predicted octanol–water partition coefficient (Wildman–Crippen LogP) is 24.3. The third kappa shape index (κ3) is 71.7. The van der Waals surface area contributed by atoms with Crippen LogP contribution in [0.25, 0.3) is 0 Å². The maximum atomic E-state index is 13.1. The highest BCUT2D eigenvalue weighted by atomic mass is 31.2. The lowest BCUT2D eigenvalue weighted by molar-refractivity contribution is -0.161. The molecule has 0 saturated carbocycles. The maximum Gasteiger partial charge on any atom is 0.472 e. The number of unbranched alkanes of at least 4 members (excludes halogenated alkanes) is 48. The number of carbonyl (C=O) groups is 4. The van der Waals surface area contributed by atoms with Crippen molar-refractivity contribution in [3.63, 3.8) is 0 Å². The van der Waals surface area contributed by atoms with Crippen LogP contribution in [0.5, 0.6) is 0 Å². The minimum absolute atomic E-state index is 0.106. The quantitative estimate of drug-likeness (QED) is 0.0222. The summed E-state index contributed by atoms with van der Waals surface area (Å²) in [7, 11) is -9.92. The Labute approximate surface area is 613 Å². The number of aliphatic hydroxyl groups is 1. The molecule has 0 aliphatic heterocycles. The first-order valence-corrected chi connectivity index (χ1v) is 45.1.